The average molecular weight is 326 g/mol. The van der Waals surface area contributed by atoms with Gasteiger partial charge in [-0.2, -0.15) is 0 Å². The number of rotatable bonds is 7. The van der Waals surface area contributed by atoms with Gasteiger partial charge in [-0.05, 0) is 30.2 Å². The van der Waals surface area contributed by atoms with Crippen LogP contribution in [0.1, 0.15) is 30.9 Å². The summed E-state index contributed by atoms with van der Waals surface area (Å²) in [6, 6.07) is 16.8. The van der Waals surface area contributed by atoms with E-state index in [-0.39, 0.29) is 18.3 Å². The summed E-state index contributed by atoms with van der Waals surface area (Å²) in [4.78, 5) is 24.4. The summed E-state index contributed by atoms with van der Waals surface area (Å²) in [7, 11) is 1.59. The predicted octanol–water partition coefficient (Wildman–Crippen LogP) is 3.75. The van der Waals surface area contributed by atoms with Gasteiger partial charge in [-0.1, -0.05) is 49.4 Å². The maximum Gasteiger partial charge on any atom is 0.317 e. The Kier molecular flexibility index (Phi) is 6.13. The molecule has 126 valence electrons. The first-order valence-corrected chi connectivity index (χ1v) is 7.88. The number of Topliss-reactive ketones (excluding diaryl/α,β-unsaturated/α-hetero) is 1. The van der Waals surface area contributed by atoms with Gasteiger partial charge in [0.25, 0.3) is 0 Å². The molecule has 0 amide bonds. The van der Waals surface area contributed by atoms with Crippen molar-refractivity contribution < 1.29 is 19.1 Å². The van der Waals surface area contributed by atoms with Crippen molar-refractivity contribution in [2.45, 2.75) is 26.4 Å². The number of benzene rings is 2. The minimum Gasteiger partial charge on any atom is -0.497 e. The fourth-order valence-electron chi connectivity index (χ4n) is 2.64. The molecule has 2 aromatic carbocycles. The molecule has 4 heteroatoms. The SMILES string of the molecule is COc1ccc(C(C)C(C(C)=O)C(=O)OCc2ccccc2)cc1. The molecule has 2 aromatic rings. The topological polar surface area (TPSA) is 52.6 Å². The summed E-state index contributed by atoms with van der Waals surface area (Å²) < 4.78 is 10.5. The predicted molar refractivity (Wildman–Crippen MR) is 91.8 cm³/mol. The van der Waals surface area contributed by atoms with Crippen LogP contribution in [-0.2, 0) is 20.9 Å². The molecule has 2 rings (SSSR count). The first kappa shape index (κ1) is 17.7. The van der Waals surface area contributed by atoms with Crippen molar-refractivity contribution in [2.24, 2.45) is 5.92 Å². The Morgan fingerprint density at radius 3 is 2.17 bits per heavy atom. The van der Waals surface area contributed by atoms with Gasteiger partial charge in [0.2, 0.25) is 0 Å². The van der Waals surface area contributed by atoms with Gasteiger partial charge in [0, 0.05) is 5.92 Å². The van der Waals surface area contributed by atoms with E-state index in [1.54, 1.807) is 7.11 Å². The van der Waals surface area contributed by atoms with Crippen LogP contribution < -0.4 is 4.74 Å². The van der Waals surface area contributed by atoms with E-state index >= 15 is 0 Å². The second-order valence-electron chi connectivity index (χ2n) is 5.74. The van der Waals surface area contributed by atoms with E-state index in [0.29, 0.717) is 0 Å². The summed E-state index contributed by atoms with van der Waals surface area (Å²) >= 11 is 0. The van der Waals surface area contributed by atoms with Crippen LogP contribution in [0.2, 0.25) is 0 Å². The molecule has 0 aliphatic rings. The highest BCUT2D eigenvalue weighted by atomic mass is 16.5. The summed E-state index contributed by atoms with van der Waals surface area (Å²) in [6.45, 7) is 3.45. The average Bonchev–Trinajstić information content (AvgIpc) is 2.60. The van der Waals surface area contributed by atoms with E-state index in [9.17, 15) is 9.59 Å². The zero-order valence-corrected chi connectivity index (χ0v) is 14.2. The lowest BCUT2D eigenvalue weighted by molar-refractivity contribution is -0.153. The summed E-state index contributed by atoms with van der Waals surface area (Å²) in [5, 5.41) is 0. The Morgan fingerprint density at radius 1 is 1.00 bits per heavy atom. The molecule has 0 heterocycles. The normalized spacial score (nSPS) is 13.0. The number of methoxy groups -OCH3 is 1. The second-order valence-corrected chi connectivity index (χ2v) is 5.74. The lowest BCUT2D eigenvalue weighted by Crippen LogP contribution is -2.29. The molecule has 0 spiro atoms. The van der Waals surface area contributed by atoms with Crippen LogP contribution in [0.15, 0.2) is 54.6 Å². The van der Waals surface area contributed by atoms with Gasteiger partial charge in [0.05, 0.1) is 7.11 Å². The first-order chi connectivity index (χ1) is 11.5. The molecule has 0 saturated heterocycles. The van der Waals surface area contributed by atoms with Crippen molar-refractivity contribution in [1.29, 1.82) is 0 Å². The molecule has 0 N–H and O–H groups in total. The van der Waals surface area contributed by atoms with E-state index in [0.717, 1.165) is 16.9 Å². The molecular formula is C20H22O4. The van der Waals surface area contributed by atoms with Crippen molar-refractivity contribution in [3.63, 3.8) is 0 Å². The van der Waals surface area contributed by atoms with Crippen LogP contribution in [0.25, 0.3) is 0 Å². The maximum absolute atomic E-state index is 12.4. The number of ether oxygens (including phenoxy) is 2. The van der Waals surface area contributed by atoms with E-state index in [4.69, 9.17) is 9.47 Å². The lowest BCUT2D eigenvalue weighted by atomic mass is 9.85. The number of carbonyl (C=O) groups is 2. The molecule has 4 nitrogen and oxygen atoms in total. The number of carbonyl (C=O) groups excluding carboxylic acids is 2. The van der Waals surface area contributed by atoms with Crippen molar-refractivity contribution in [2.75, 3.05) is 7.11 Å². The van der Waals surface area contributed by atoms with Crippen LogP contribution in [-0.4, -0.2) is 18.9 Å². The Morgan fingerprint density at radius 2 is 1.62 bits per heavy atom. The van der Waals surface area contributed by atoms with Gasteiger partial charge in [-0.25, -0.2) is 0 Å². The molecule has 0 fully saturated rings. The van der Waals surface area contributed by atoms with E-state index in [1.165, 1.54) is 6.92 Å². The van der Waals surface area contributed by atoms with Gasteiger partial charge < -0.3 is 9.47 Å². The quantitative estimate of drug-likeness (QED) is 0.574. The molecule has 2 atom stereocenters. The molecule has 0 aliphatic heterocycles. The van der Waals surface area contributed by atoms with E-state index in [1.807, 2.05) is 61.5 Å². The van der Waals surface area contributed by atoms with Crippen LogP contribution in [0.3, 0.4) is 0 Å². The minimum absolute atomic E-state index is 0.165. The third kappa shape index (κ3) is 4.44. The summed E-state index contributed by atoms with van der Waals surface area (Å²) in [5.41, 5.74) is 1.79. The first-order valence-electron chi connectivity index (χ1n) is 7.88. The van der Waals surface area contributed by atoms with Gasteiger partial charge in [-0.15, -0.1) is 0 Å². The Labute approximate surface area is 142 Å². The van der Waals surface area contributed by atoms with Gasteiger partial charge >= 0.3 is 5.97 Å². The third-order valence-electron chi connectivity index (χ3n) is 4.06. The van der Waals surface area contributed by atoms with Crippen molar-refractivity contribution in [3.05, 3.63) is 65.7 Å². The molecule has 0 aromatic heterocycles. The van der Waals surface area contributed by atoms with Crippen LogP contribution in [0.4, 0.5) is 0 Å². The largest absolute Gasteiger partial charge is 0.497 e. The molecule has 24 heavy (non-hydrogen) atoms. The minimum atomic E-state index is -0.817. The monoisotopic (exact) mass is 326 g/mol. The maximum atomic E-state index is 12.4. The molecule has 0 bridgehead atoms. The van der Waals surface area contributed by atoms with Crippen molar-refractivity contribution in [1.82, 2.24) is 0 Å². The highest BCUT2D eigenvalue weighted by Crippen LogP contribution is 2.28. The van der Waals surface area contributed by atoms with Gasteiger partial charge in [0.1, 0.15) is 24.1 Å². The van der Waals surface area contributed by atoms with Crippen molar-refractivity contribution >= 4 is 11.8 Å². The highest BCUT2D eigenvalue weighted by Gasteiger charge is 2.32. The second kappa shape index (κ2) is 8.29. The molecule has 0 aliphatic carbocycles. The number of hydrogen-bond donors (Lipinski definition) is 0. The smallest absolute Gasteiger partial charge is 0.317 e. The van der Waals surface area contributed by atoms with Crippen LogP contribution in [0.5, 0.6) is 5.75 Å². The summed E-state index contributed by atoms with van der Waals surface area (Å²) in [6.07, 6.45) is 0. The molecule has 0 radical (unpaired) electrons. The van der Waals surface area contributed by atoms with E-state index < -0.39 is 11.9 Å². The number of ketones is 1. The lowest BCUT2D eigenvalue weighted by Gasteiger charge is -2.21. The van der Waals surface area contributed by atoms with Crippen LogP contribution in [0, 0.1) is 5.92 Å². The van der Waals surface area contributed by atoms with E-state index in [2.05, 4.69) is 0 Å². The zero-order valence-electron chi connectivity index (χ0n) is 14.2. The Balaban J connectivity index is 2.09. The molecule has 0 saturated carbocycles. The highest BCUT2D eigenvalue weighted by molar-refractivity contribution is 5.98. The molecular weight excluding hydrogens is 304 g/mol. The zero-order chi connectivity index (χ0) is 17.5. The van der Waals surface area contributed by atoms with Gasteiger partial charge in [0.15, 0.2) is 0 Å². The standard InChI is InChI=1S/C20H22O4/c1-14(17-9-11-18(23-3)12-10-17)19(15(2)21)20(22)24-13-16-7-5-4-6-8-16/h4-12,14,19H,13H2,1-3H3. The fourth-order valence-corrected chi connectivity index (χ4v) is 2.64. The molecule has 2 unspecified atom stereocenters. The Hall–Kier alpha value is -2.62. The van der Waals surface area contributed by atoms with Gasteiger partial charge in [-0.3, -0.25) is 9.59 Å². The Bertz CT molecular complexity index is 677. The van der Waals surface area contributed by atoms with Crippen LogP contribution >= 0.6 is 0 Å². The number of esters is 1. The van der Waals surface area contributed by atoms with Crippen molar-refractivity contribution in [3.8, 4) is 5.75 Å². The number of hydrogen-bond acceptors (Lipinski definition) is 4. The third-order valence-corrected chi connectivity index (χ3v) is 4.06. The summed E-state index contributed by atoms with van der Waals surface area (Å²) in [5.74, 6) is -1.04. The fraction of sp³-hybridized carbons (Fsp3) is 0.300.